The average Bonchev–Trinajstić information content (AvgIpc) is 2.48. The summed E-state index contributed by atoms with van der Waals surface area (Å²) in [5.74, 6) is 0.738. The van der Waals surface area contributed by atoms with Gasteiger partial charge in [0.25, 0.3) is 0 Å². The van der Waals surface area contributed by atoms with Crippen LogP contribution in [-0.4, -0.2) is 47.8 Å². The van der Waals surface area contributed by atoms with Gasteiger partial charge < -0.3 is 15.3 Å². The molecule has 2 fully saturated rings. The molecule has 0 aromatic heterocycles. The predicted molar refractivity (Wildman–Crippen MR) is 89.5 cm³/mol. The van der Waals surface area contributed by atoms with Crippen LogP contribution >= 0.6 is 0 Å². The highest BCUT2D eigenvalue weighted by Crippen LogP contribution is 2.39. The molecule has 3 heteroatoms. The van der Waals surface area contributed by atoms with Crippen LogP contribution in [0.3, 0.4) is 0 Å². The maximum atomic E-state index is 10.8. The van der Waals surface area contributed by atoms with E-state index in [0.717, 1.165) is 38.1 Å². The van der Waals surface area contributed by atoms with Crippen molar-refractivity contribution in [2.24, 2.45) is 11.3 Å². The number of hydrogen-bond donors (Lipinski definition) is 2. The van der Waals surface area contributed by atoms with Gasteiger partial charge in [0.15, 0.2) is 0 Å². The Morgan fingerprint density at radius 1 is 1.24 bits per heavy atom. The lowest BCUT2D eigenvalue weighted by atomic mass is 9.71. The molecule has 3 nitrogen and oxygen atoms in total. The lowest BCUT2D eigenvalue weighted by molar-refractivity contribution is -0.0276. The zero-order chi connectivity index (χ0) is 15.5. The summed E-state index contributed by atoms with van der Waals surface area (Å²) in [4.78, 5) is 2.56. The molecule has 124 valence electrons. The van der Waals surface area contributed by atoms with Crippen LogP contribution in [-0.2, 0) is 0 Å². The summed E-state index contributed by atoms with van der Waals surface area (Å²) < 4.78 is 0. The maximum Gasteiger partial charge on any atom is 0.0772 e. The topological polar surface area (TPSA) is 35.5 Å². The quantitative estimate of drug-likeness (QED) is 0.818. The Kier molecular flexibility index (Phi) is 5.72. The molecule has 0 aromatic carbocycles. The molecule has 0 aromatic rings. The van der Waals surface area contributed by atoms with Crippen molar-refractivity contribution in [3.8, 4) is 0 Å². The van der Waals surface area contributed by atoms with Gasteiger partial charge in [-0.1, -0.05) is 20.8 Å². The molecule has 0 radical (unpaired) electrons. The van der Waals surface area contributed by atoms with Gasteiger partial charge in [-0.05, 0) is 69.9 Å². The second kappa shape index (κ2) is 6.97. The summed E-state index contributed by atoms with van der Waals surface area (Å²) in [6, 6.07) is 0.512. The van der Waals surface area contributed by atoms with Gasteiger partial charge in [-0.2, -0.15) is 0 Å². The first kappa shape index (κ1) is 17.2. The number of likely N-dealkylation sites (tertiary alicyclic amines) is 1. The molecule has 1 heterocycles. The van der Waals surface area contributed by atoms with Crippen LogP contribution in [0.25, 0.3) is 0 Å². The highest BCUT2D eigenvalue weighted by molar-refractivity contribution is 4.92. The zero-order valence-corrected chi connectivity index (χ0v) is 14.6. The summed E-state index contributed by atoms with van der Waals surface area (Å²) in [5.41, 5.74) is -0.0499. The summed E-state index contributed by atoms with van der Waals surface area (Å²) in [6.07, 6.45) is 6.84. The number of nitrogens with zero attached hydrogens (tertiary/aromatic N) is 1. The third-order valence-corrected chi connectivity index (χ3v) is 5.98. The normalized spacial score (nSPS) is 31.0. The first-order valence-electron chi connectivity index (χ1n) is 9.02. The van der Waals surface area contributed by atoms with Crippen molar-refractivity contribution in [2.75, 3.05) is 26.2 Å². The van der Waals surface area contributed by atoms with Crippen LogP contribution in [0.4, 0.5) is 0 Å². The summed E-state index contributed by atoms with van der Waals surface area (Å²) in [7, 11) is 0. The minimum atomic E-state index is -0.469. The van der Waals surface area contributed by atoms with E-state index < -0.39 is 5.60 Å². The molecular weight excluding hydrogens is 260 g/mol. The fourth-order valence-electron chi connectivity index (χ4n) is 3.87. The van der Waals surface area contributed by atoms with Crippen molar-refractivity contribution in [2.45, 2.75) is 77.9 Å². The van der Waals surface area contributed by atoms with Crippen LogP contribution in [0.5, 0.6) is 0 Å². The van der Waals surface area contributed by atoms with Crippen LogP contribution in [0.15, 0.2) is 0 Å². The minimum Gasteiger partial charge on any atom is -0.389 e. The van der Waals surface area contributed by atoms with Crippen LogP contribution in [0.1, 0.15) is 66.2 Å². The van der Waals surface area contributed by atoms with E-state index in [4.69, 9.17) is 0 Å². The molecule has 0 amide bonds. The predicted octanol–water partition coefficient (Wildman–Crippen LogP) is 3.03. The Morgan fingerprint density at radius 2 is 1.90 bits per heavy atom. The Hall–Kier alpha value is -0.120. The van der Waals surface area contributed by atoms with E-state index >= 15 is 0 Å². The minimum absolute atomic E-state index is 0.419. The molecule has 2 aliphatic rings. The molecule has 1 saturated heterocycles. The number of hydrogen-bond acceptors (Lipinski definition) is 3. The van der Waals surface area contributed by atoms with Crippen molar-refractivity contribution in [1.82, 2.24) is 10.2 Å². The second-order valence-corrected chi connectivity index (χ2v) is 8.35. The third-order valence-electron chi connectivity index (χ3n) is 5.98. The maximum absolute atomic E-state index is 10.8. The van der Waals surface area contributed by atoms with Crippen molar-refractivity contribution < 1.29 is 5.11 Å². The number of aliphatic hydroxyl groups is 1. The number of piperidine rings is 1. The monoisotopic (exact) mass is 296 g/mol. The molecule has 2 rings (SSSR count). The smallest absolute Gasteiger partial charge is 0.0772 e. The van der Waals surface area contributed by atoms with Gasteiger partial charge in [-0.3, -0.25) is 0 Å². The fourth-order valence-corrected chi connectivity index (χ4v) is 3.87. The Bertz CT molecular complexity index is 319. The SMILES string of the molecule is CCN1CCCC(C(C)NCC2(O)CCC(C)(C)CC2)C1. The molecule has 0 spiro atoms. The van der Waals surface area contributed by atoms with Crippen LogP contribution < -0.4 is 5.32 Å². The Balaban J connectivity index is 1.77. The van der Waals surface area contributed by atoms with Crippen LogP contribution in [0, 0.1) is 11.3 Å². The first-order valence-corrected chi connectivity index (χ1v) is 9.02. The fraction of sp³-hybridized carbons (Fsp3) is 1.00. The first-order chi connectivity index (χ1) is 9.84. The highest BCUT2D eigenvalue weighted by atomic mass is 16.3. The van der Waals surface area contributed by atoms with E-state index in [2.05, 4.69) is 37.9 Å². The van der Waals surface area contributed by atoms with Gasteiger partial charge in [-0.15, -0.1) is 0 Å². The summed E-state index contributed by atoms with van der Waals surface area (Å²) >= 11 is 0. The molecule has 2 atom stereocenters. The van der Waals surface area contributed by atoms with Gasteiger partial charge in [0, 0.05) is 19.1 Å². The molecule has 2 unspecified atom stereocenters. The Labute approximate surface area is 131 Å². The van der Waals surface area contributed by atoms with E-state index in [1.165, 1.54) is 32.5 Å². The molecule has 1 aliphatic carbocycles. The largest absolute Gasteiger partial charge is 0.389 e. The second-order valence-electron chi connectivity index (χ2n) is 8.35. The summed E-state index contributed by atoms with van der Waals surface area (Å²) in [6.45, 7) is 13.6. The number of rotatable bonds is 5. The van der Waals surface area contributed by atoms with Gasteiger partial charge in [-0.25, -0.2) is 0 Å². The van der Waals surface area contributed by atoms with E-state index in [1.54, 1.807) is 0 Å². The van der Waals surface area contributed by atoms with Gasteiger partial charge in [0.2, 0.25) is 0 Å². The van der Waals surface area contributed by atoms with E-state index in [-0.39, 0.29) is 0 Å². The van der Waals surface area contributed by atoms with Crippen LogP contribution in [0.2, 0.25) is 0 Å². The third kappa shape index (κ3) is 4.94. The van der Waals surface area contributed by atoms with Crippen molar-refractivity contribution in [3.05, 3.63) is 0 Å². The molecule has 0 bridgehead atoms. The average molecular weight is 296 g/mol. The van der Waals surface area contributed by atoms with Gasteiger partial charge in [0.1, 0.15) is 0 Å². The van der Waals surface area contributed by atoms with E-state index in [9.17, 15) is 5.11 Å². The molecule has 2 N–H and O–H groups in total. The van der Waals surface area contributed by atoms with E-state index in [0.29, 0.717) is 11.5 Å². The van der Waals surface area contributed by atoms with Crippen molar-refractivity contribution in [3.63, 3.8) is 0 Å². The lowest BCUT2D eigenvalue weighted by Gasteiger charge is -2.42. The lowest BCUT2D eigenvalue weighted by Crippen LogP contribution is -2.51. The van der Waals surface area contributed by atoms with Crippen molar-refractivity contribution >= 4 is 0 Å². The Morgan fingerprint density at radius 3 is 2.52 bits per heavy atom. The standard InChI is InChI=1S/C18H36N2O/c1-5-20-12-6-7-16(13-20)15(2)19-14-18(21)10-8-17(3,4)9-11-18/h15-16,19,21H,5-14H2,1-4H3. The molecule has 1 aliphatic heterocycles. The highest BCUT2D eigenvalue weighted by Gasteiger charge is 2.37. The zero-order valence-electron chi connectivity index (χ0n) is 14.6. The van der Waals surface area contributed by atoms with Gasteiger partial charge >= 0.3 is 0 Å². The summed E-state index contributed by atoms with van der Waals surface area (Å²) in [5, 5.41) is 14.4. The van der Waals surface area contributed by atoms with Crippen molar-refractivity contribution in [1.29, 1.82) is 0 Å². The van der Waals surface area contributed by atoms with E-state index in [1.807, 2.05) is 0 Å². The molecule has 1 saturated carbocycles. The molecular formula is C18H36N2O. The number of nitrogens with one attached hydrogen (secondary N) is 1. The molecule has 21 heavy (non-hydrogen) atoms. The van der Waals surface area contributed by atoms with Gasteiger partial charge in [0.05, 0.1) is 5.60 Å².